The van der Waals surface area contributed by atoms with Gasteiger partial charge in [0.05, 0.1) is 18.3 Å². The van der Waals surface area contributed by atoms with Crippen molar-refractivity contribution >= 4 is 23.2 Å². The van der Waals surface area contributed by atoms with Crippen LogP contribution in [0.2, 0.25) is 5.02 Å². The maximum absolute atomic E-state index is 13.3. The molecule has 4 rings (SSSR count). The molecule has 2 aromatic carbocycles. The third-order valence-electron chi connectivity index (χ3n) is 6.09. The molecule has 2 aromatic rings. The van der Waals surface area contributed by atoms with Gasteiger partial charge in [-0.3, -0.25) is 9.69 Å². The number of halogens is 1. The maximum Gasteiger partial charge on any atom is 0.257 e. The van der Waals surface area contributed by atoms with Gasteiger partial charge in [-0.1, -0.05) is 66.0 Å². The topological polar surface area (TPSA) is 35.9 Å². The quantitative estimate of drug-likeness (QED) is 0.695. The first kappa shape index (κ1) is 20.1. The fraction of sp³-hybridized carbons (Fsp3) is 0.417. The minimum atomic E-state index is -0.0885. The van der Waals surface area contributed by atoms with Gasteiger partial charge in [-0.2, -0.15) is 5.10 Å². The van der Waals surface area contributed by atoms with Crippen LogP contribution in [0.5, 0.6) is 0 Å². The van der Waals surface area contributed by atoms with E-state index in [4.69, 9.17) is 16.7 Å². The Balaban J connectivity index is 1.62. The van der Waals surface area contributed by atoms with E-state index >= 15 is 0 Å². The number of piperidine rings is 1. The monoisotopic (exact) mass is 409 g/mol. The molecule has 0 spiro atoms. The Morgan fingerprint density at radius 3 is 2.62 bits per heavy atom. The van der Waals surface area contributed by atoms with Crippen molar-refractivity contribution in [2.24, 2.45) is 5.10 Å². The Morgan fingerprint density at radius 1 is 1.14 bits per heavy atom. The van der Waals surface area contributed by atoms with Gasteiger partial charge in [-0.25, -0.2) is 5.01 Å². The number of benzene rings is 2. The molecule has 1 amide bonds. The number of carbonyl (C=O) groups excluding carboxylic acids is 1. The van der Waals surface area contributed by atoms with Gasteiger partial charge in [0.15, 0.2) is 0 Å². The molecule has 2 atom stereocenters. The molecule has 0 aliphatic carbocycles. The van der Waals surface area contributed by atoms with E-state index in [9.17, 15) is 4.79 Å². The second kappa shape index (κ2) is 8.68. The van der Waals surface area contributed by atoms with Crippen molar-refractivity contribution in [2.75, 3.05) is 13.1 Å². The van der Waals surface area contributed by atoms with Crippen molar-refractivity contribution in [2.45, 2.75) is 51.6 Å². The van der Waals surface area contributed by atoms with Gasteiger partial charge in [-0.05, 0) is 44.9 Å². The number of hydrazone groups is 1. The number of hydrogen-bond donors (Lipinski definition) is 0. The molecule has 152 valence electrons. The lowest BCUT2D eigenvalue weighted by Gasteiger charge is -2.34. The first-order valence-electron chi connectivity index (χ1n) is 10.5. The number of hydrogen-bond acceptors (Lipinski definition) is 3. The summed E-state index contributed by atoms with van der Waals surface area (Å²) < 4.78 is 0. The van der Waals surface area contributed by atoms with Crippen LogP contribution >= 0.6 is 11.6 Å². The molecule has 4 nitrogen and oxygen atoms in total. The average Bonchev–Trinajstić information content (AvgIpc) is 3.16. The number of nitrogens with zero attached hydrogens (tertiary/aromatic N) is 3. The number of aryl methyl sites for hydroxylation is 1. The van der Waals surface area contributed by atoms with Crippen LogP contribution in [0.4, 0.5) is 0 Å². The molecule has 1 saturated heterocycles. The lowest BCUT2D eigenvalue weighted by molar-refractivity contribution is -0.135. The number of rotatable bonds is 4. The van der Waals surface area contributed by atoms with Gasteiger partial charge in [0, 0.05) is 23.0 Å². The SMILES string of the molecule is Cc1ccc([C@@H]2CC(c3ccccc3Cl)=NN2C(=O)CN2CCCC[C@H]2C)cc1. The Bertz CT molecular complexity index is 909. The average molecular weight is 410 g/mol. The van der Waals surface area contributed by atoms with E-state index in [1.807, 2.05) is 24.3 Å². The van der Waals surface area contributed by atoms with Gasteiger partial charge in [0.2, 0.25) is 0 Å². The predicted molar refractivity (Wildman–Crippen MR) is 118 cm³/mol. The van der Waals surface area contributed by atoms with Crippen molar-refractivity contribution in [1.82, 2.24) is 9.91 Å². The van der Waals surface area contributed by atoms with Crippen LogP contribution in [0.15, 0.2) is 53.6 Å². The minimum absolute atomic E-state index is 0.0615. The van der Waals surface area contributed by atoms with E-state index in [1.54, 1.807) is 5.01 Å². The van der Waals surface area contributed by atoms with Crippen LogP contribution in [0, 0.1) is 6.92 Å². The Hall–Kier alpha value is -2.17. The Morgan fingerprint density at radius 2 is 1.90 bits per heavy atom. The number of amides is 1. The number of likely N-dealkylation sites (tertiary alicyclic amines) is 1. The Kier molecular flexibility index (Phi) is 6.02. The first-order chi connectivity index (χ1) is 14.0. The summed E-state index contributed by atoms with van der Waals surface area (Å²) in [6.07, 6.45) is 4.24. The zero-order valence-corrected chi connectivity index (χ0v) is 17.9. The lowest BCUT2D eigenvalue weighted by Crippen LogP contribution is -2.44. The summed E-state index contributed by atoms with van der Waals surface area (Å²) in [6.45, 7) is 5.69. The normalized spacial score (nSPS) is 22.6. The van der Waals surface area contributed by atoms with Crippen molar-refractivity contribution in [3.8, 4) is 0 Å². The predicted octanol–water partition coefficient (Wildman–Crippen LogP) is 5.20. The highest BCUT2D eigenvalue weighted by Gasteiger charge is 2.35. The van der Waals surface area contributed by atoms with Gasteiger partial charge >= 0.3 is 0 Å². The van der Waals surface area contributed by atoms with E-state index in [1.165, 1.54) is 12.0 Å². The largest absolute Gasteiger partial charge is 0.292 e. The summed E-state index contributed by atoms with van der Waals surface area (Å²) in [7, 11) is 0. The molecule has 2 aliphatic heterocycles. The van der Waals surface area contributed by atoms with Crippen molar-refractivity contribution in [3.63, 3.8) is 0 Å². The summed E-state index contributed by atoms with van der Waals surface area (Å²) >= 11 is 6.43. The van der Waals surface area contributed by atoms with Crippen molar-refractivity contribution in [3.05, 3.63) is 70.2 Å². The van der Waals surface area contributed by atoms with E-state index < -0.39 is 0 Å². The molecule has 29 heavy (non-hydrogen) atoms. The molecule has 0 N–H and O–H groups in total. The van der Waals surface area contributed by atoms with E-state index in [2.05, 4.69) is 43.0 Å². The van der Waals surface area contributed by atoms with Crippen LogP contribution in [-0.4, -0.2) is 40.7 Å². The molecule has 0 radical (unpaired) electrons. The molecular weight excluding hydrogens is 382 g/mol. The van der Waals surface area contributed by atoms with E-state index in [0.29, 0.717) is 24.0 Å². The van der Waals surface area contributed by atoms with Crippen LogP contribution < -0.4 is 0 Å². The summed E-state index contributed by atoms with van der Waals surface area (Å²) in [6, 6.07) is 16.5. The van der Waals surface area contributed by atoms with Crippen LogP contribution in [0.3, 0.4) is 0 Å². The minimum Gasteiger partial charge on any atom is -0.292 e. The first-order valence-corrected chi connectivity index (χ1v) is 10.9. The van der Waals surface area contributed by atoms with Crippen LogP contribution in [-0.2, 0) is 4.79 Å². The molecule has 2 heterocycles. The number of carbonyl (C=O) groups is 1. The van der Waals surface area contributed by atoms with Gasteiger partial charge in [-0.15, -0.1) is 0 Å². The second-order valence-corrected chi connectivity index (χ2v) is 8.62. The highest BCUT2D eigenvalue weighted by Crippen LogP contribution is 2.34. The van der Waals surface area contributed by atoms with E-state index in [0.717, 1.165) is 36.2 Å². The van der Waals surface area contributed by atoms with Gasteiger partial charge in [0.1, 0.15) is 0 Å². The van der Waals surface area contributed by atoms with Crippen molar-refractivity contribution < 1.29 is 4.79 Å². The molecule has 2 aliphatic rings. The zero-order chi connectivity index (χ0) is 20.4. The molecule has 0 saturated carbocycles. The fourth-order valence-corrected chi connectivity index (χ4v) is 4.53. The smallest absolute Gasteiger partial charge is 0.257 e. The second-order valence-electron chi connectivity index (χ2n) is 8.21. The molecule has 0 aromatic heterocycles. The standard InChI is InChI=1S/C24H28ClN3O/c1-17-10-12-19(13-11-17)23-15-22(20-8-3-4-9-21(20)25)26-28(23)24(29)16-27-14-6-5-7-18(27)2/h3-4,8-13,18,23H,5-7,14-16H2,1-2H3/t18-,23+/m1/s1. The molecule has 1 fully saturated rings. The summed E-state index contributed by atoms with van der Waals surface area (Å²) in [5.74, 6) is 0.0615. The fourth-order valence-electron chi connectivity index (χ4n) is 4.29. The van der Waals surface area contributed by atoms with Gasteiger partial charge in [0.25, 0.3) is 5.91 Å². The third-order valence-corrected chi connectivity index (χ3v) is 6.42. The van der Waals surface area contributed by atoms with Gasteiger partial charge < -0.3 is 0 Å². The Labute approximate surface area is 178 Å². The highest BCUT2D eigenvalue weighted by atomic mass is 35.5. The summed E-state index contributed by atoms with van der Waals surface area (Å²) in [4.78, 5) is 15.6. The summed E-state index contributed by atoms with van der Waals surface area (Å²) in [5.41, 5.74) is 4.11. The van der Waals surface area contributed by atoms with Crippen LogP contribution in [0.25, 0.3) is 0 Å². The zero-order valence-electron chi connectivity index (χ0n) is 17.1. The summed E-state index contributed by atoms with van der Waals surface area (Å²) in [5, 5.41) is 7.15. The molecule has 5 heteroatoms. The third kappa shape index (κ3) is 4.39. The highest BCUT2D eigenvalue weighted by molar-refractivity contribution is 6.34. The molecule has 0 unspecified atom stereocenters. The molecular formula is C24H28ClN3O. The maximum atomic E-state index is 13.3. The molecule has 0 bridgehead atoms. The van der Waals surface area contributed by atoms with Crippen LogP contribution in [0.1, 0.15) is 55.3 Å². The van der Waals surface area contributed by atoms with E-state index in [-0.39, 0.29) is 11.9 Å². The lowest BCUT2D eigenvalue weighted by atomic mass is 9.97. The van der Waals surface area contributed by atoms with Crippen molar-refractivity contribution in [1.29, 1.82) is 0 Å².